The molecule has 2 aliphatic rings. The van der Waals surface area contributed by atoms with E-state index in [4.69, 9.17) is 14.5 Å². The van der Waals surface area contributed by atoms with Gasteiger partial charge in [0.1, 0.15) is 18.3 Å². The highest BCUT2D eigenvalue weighted by Crippen LogP contribution is 2.59. The minimum atomic E-state index is -0.984. The normalized spacial score (nSPS) is 29.1. The highest BCUT2D eigenvalue weighted by atomic mass is 16.7. The zero-order valence-corrected chi connectivity index (χ0v) is 14.7. The smallest absolute Gasteiger partial charge is 0.223 e. The molecule has 2 atom stereocenters. The standard InChI is InChI=1S/C19H27NO3/c1-6-18(21,7-2)19(16-20-17(4,5)12-22-16)15(23-19)14-10-8-13(3)9-11-14/h8-11,15,21H,6-7,12H2,1-5H3/t15-,19-/m1/s1. The molecule has 1 saturated heterocycles. The summed E-state index contributed by atoms with van der Waals surface area (Å²) >= 11 is 0. The van der Waals surface area contributed by atoms with E-state index in [0.717, 1.165) is 5.56 Å². The van der Waals surface area contributed by atoms with Crippen LogP contribution in [-0.2, 0) is 9.47 Å². The first-order valence-electron chi connectivity index (χ1n) is 8.48. The molecule has 0 saturated carbocycles. The molecule has 4 heteroatoms. The van der Waals surface area contributed by atoms with Crippen molar-refractivity contribution in [3.63, 3.8) is 0 Å². The second-order valence-corrected chi connectivity index (χ2v) is 7.40. The fourth-order valence-electron chi connectivity index (χ4n) is 3.46. The van der Waals surface area contributed by atoms with Crippen LogP contribution >= 0.6 is 0 Å². The maximum absolute atomic E-state index is 11.3. The van der Waals surface area contributed by atoms with Crippen molar-refractivity contribution in [2.45, 2.75) is 70.3 Å². The molecular weight excluding hydrogens is 290 g/mol. The molecule has 126 valence electrons. The molecule has 1 N–H and O–H groups in total. The van der Waals surface area contributed by atoms with Gasteiger partial charge in [0.15, 0.2) is 0 Å². The van der Waals surface area contributed by atoms with E-state index in [1.54, 1.807) is 0 Å². The van der Waals surface area contributed by atoms with Crippen molar-refractivity contribution >= 4 is 5.90 Å². The van der Waals surface area contributed by atoms with E-state index in [9.17, 15) is 5.11 Å². The number of ether oxygens (including phenoxy) is 2. The van der Waals surface area contributed by atoms with E-state index in [2.05, 4.69) is 31.2 Å². The summed E-state index contributed by atoms with van der Waals surface area (Å²) in [6, 6.07) is 8.27. The first kappa shape index (κ1) is 16.5. The van der Waals surface area contributed by atoms with Gasteiger partial charge in [0, 0.05) is 0 Å². The Hall–Kier alpha value is -1.39. The second-order valence-electron chi connectivity index (χ2n) is 7.40. The molecule has 0 bridgehead atoms. The van der Waals surface area contributed by atoms with Gasteiger partial charge in [-0.1, -0.05) is 43.7 Å². The van der Waals surface area contributed by atoms with Crippen LogP contribution in [-0.4, -0.2) is 34.4 Å². The van der Waals surface area contributed by atoms with Crippen LogP contribution in [0.4, 0.5) is 0 Å². The van der Waals surface area contributed by atoms with Gasteiger partial charge in [0.25, 0.3) is 0 Å². The largest absolute Gasteiger partial charge is 0.476 e. The van der Waals surface area contributed by atoms with Crippen molar-refractivity contribution < 1.29 is 14.6 Å². The van der Waals surface area contributed by atoms with Crippen molar-refractivity contribution in [2.75, 3.05) is 6.61 Å². The van der Waals surface area contributed by atoms with Gasteiger partial charge >= 0.3 is 0 Å². The number of nitrogens with zero attached hydrogens (tertiary/aromatic N) is 1. The molecule has 1 aromatic carbocycles. The molecular formula is C19H27NO3. The Balaban J connectivity index is 2.03. The van der Waals surface area contributed by atoms with E-state index in [-0.39, 0.29) is 11.6 Å². The van der Waals surface area contributed by atoms with Crippen molar-refractivity contribution in [2.24, 2.45) is 4.99 Å². The van der Waals surface area contributed by atoms with Crippen molar-refractivity contribution in [3.8, 4) is 0 Å². The molecule has 1 fully saturated rings. The van der Waals surface area contributed by atoms with Crippen LogP contribution in [0, 0.1) is 6.92 Å². The lowest BCUT2D eigenvalue weighted by molar-refractivity contribution is -0.0243. The molecule has 23 heavy (non-hydrogen) atoms. The molecule has 0 amide bonds. The fourth-order valence-corrected chi connectivity index (χ4v) is 3.46. The van der Waals surface area contributed by atoms with Gasteiger partial charge in [-0.15, -0.1) is 0 Å². The summed E-state index contributed by atoms with van der Waals surface area (Å²) in [6.45, 7) is 10.6. The molecule has 0 aliphatic carbocycles. The average Bonchev–Trinajstić information content (AvgIpc) is 3.19. The molecule has 0 unspecified atom stereocenters. The molecule has 2 aliphatic heterocycles. The van der Waals surface area contributed by atoms with Crippen LogP contribution in [0.3, 0.4) is 0 Å². The van der Waals surface area contributed by atoms with Gasteiger partial charge < -0.3 is 14.6 Å². The number of aliphatic hydroxyl groups is 1. The van der Waals surface area contributed by atoms with Crippen LogP contribution in [0.5, 0.6) is 0 Å². The number of rotatable bonds is 5. The summed E-state index contributed by atoms with van der Waals surface area (Å²) in [5.74, 6) is 0.555. The molecule has 0 spiro atoms. The Kier molecular flexibility index (Phi) is 3.81. The lowest BCUT2D eigenvalue weighted by atomic mass is 9.78. The van der Waals surface area contributed by atoms with Gasteiger partial charge in [-0.25, -0.2) is 4.99 Å². The molecule has 4 nitrogen and oxygen atoms in total. The maximum Gasteiger partial charge on any atom is 0.223 e. The van der Waals surface area contributed by atoms with E-state index < -0.39 is 11.2 Å². The summed E-state index contributed by atoms with van der Waals surface area (Å²) < 4.78 is 12.0. The van der Waals surface area contributed by atoms with E-state index in [0.29, 0.717) is 25.3 Å². The summed E-state index contributed by atoms with van der Waals surface area (Å²) in [5, 5.41) is 11.3. The number of benzene rings is 1. The topological polar surface area (TPSA) is 54.4 Å². The van der Waals surface area contributed by atoms with Crippen LogP contribution in [0.2, 0.25) is 0 Å². The highest BCUT2D eigenvalue weighted by Gasteiger charge is 2.73. The molecule has 0 aromatic heterocycles. The fraction of sp³-hybridized carbons (Fsp3) is 0.632. The van der Waals surface area contributed by atoms with Crippen molar-refractivity contribution in [1.29, 1.82) is 0 Å². The number of hydrogen-bond donors (Lipinski definition) is 1. The third kappa shape index (κ3) is 2.48. The molecule has 1 aromatic rings. The summed E-state index contributed by atoms with van der Waals surface area (Å²) in [4.78, 5) is 4.72. The third-order valence-electron chi connectivity index (χ3n) is 5.14. The van der Waals surface area contributed by atoms with Crippen LogP contribution < -0.4 is 0 Å². The van der Waals surface area contributed by atoms with Crippen molar-refractivity contribution in [3.05, 3.63) is 35.4 Å². The Morgan fingerprint density at radius 2 is 1.83 bits per heavy atom. The minimum Gasteiger partial charge on any atom is -0.476 e. The highest BCUT2D eigenvalue weighted by molar-refractivity contribution is 5.92. The van der Waals surface area contributed by atoms with E-state index in [1.807, 2.05) is 27.7 Å². The predicted molar refractivity (Wildman–Crippen MR) is 90.7 cm³/mol. The first-order chi connectivity index (χ1) is 10.8. The first-order valence-corrected chi connectivity index (χ1v) is 8.48. The summed E-state index contributed by atoms with van der Waals surface area (Å²) in [6.07, 6.45) is 0.976. The average molecular weight is 317 g/mol. The maximum atomic E-state index is 11.3. The van der Waals surface area contributed by atoms with Gasteiger partial charge in [0.05, 0.1) is 5.54 Å². The second kappa shape index (κ2) is 5.32. The summed E-state index contributed by atoms with van der Waals surface area (Å²) in [5.41, 5.74) is 0.152. The van der Waals surface area contributed by atoms with Crippen LogP contribution in [0.1, 0.15) is 57.8 Å². The number of epoxide rings is 1. The lowest BCUT2D eigenvalue weighted by Gasteiger charge is -2.32. The van der Waals surface area contributed by atoms with Crippen LogP contribution in [0.25, 0.3) is 0 Å². The number of hydrogen-bond acceptors (Lipinski definition) is 4. The predicted octanol–water partition coefficient (Wildman–Crippen LogP) is 3.56. The Labute approximate surface area is 138 Å². The zero-order chi connectivity index (χ0) is 16.9. The molecule has 3 rings (SSSR count). The zero-order valence-electron chi connectivity index (χ0n) is 14.7. The quantitative estimate of drug-likeness (QED) is 0.845. The van der Waals surface area contributed by atoms with Crippen LogP contribution in [0.15, 0.2) is 29.3 Å². The van der Waals surface area contributed by atoms with Gasteiger partial charge in [-0.2, -0.15) is 0 Å². The Morgan fingerprint density at radius 3 is 2.30 bits per heavy atom. The minimum absolute atomic E-state index is 0.208. The third-order valence-corrected chi connectivity index (χ3v) is 5.14. The van der Waals surface area contributed by atoms with E-state index in [1.165, 1.54) is 5.56 Å². The summed E-state index contributed by atoms with van der Waals surface area (Å²) in [7, 11) is 0. The number of aryl methyl sites for hydroxylation is 1. The van der Waals surface area contributed by atoms with Gasteiger partial charge in [-0.05, 0) is 39.2 Å². The lowest BCUT2D eigenvalue weighted by Crippen LogP contribution is -2.50. The monoisotopic (exact) mass is 317 g/mol. The van der Waals surface area contributed by atoms with Gasteiger partial charge in [-0.3, -0.25) is 0 Å². The SMILES string of the molecule is CCC(O)(CC)[C@@]1(C2=NC(C)(C)CO2)O[C@@H]1c1ccc(C)cc1. The van der Waals surface area contributed by atoms with Gasteiger partial charge in [0.2, 0.25) is 11.5 Å². The van der Waals surface area contributed by atoms with Crippen molar-refractivity contribution in [1.82, 2.24) is 0 Å². The molecule has 0 radical (unpaired) electrons. The van der Waals surface area contributed by atoms with E-state index >= 15 is 0 Å². The number of aliphatic imine (C=N–C) groups is 1. The Bertz CT molecular complexity index is 616. The Morgan fingerprint density at radius 1 is 1.22 bits per heavy atom. The molecule has 2 heterocycles.